The summed E-state index contributed by atoms with van der Waals surface area (Å²) in [5.41, 5.74) is 3.77. The molecule has 270 valence electrons. The van der Waals surface area contributed by atoms with Crippen molar-refractivity contribution in [3.05, 3.63) is 141 Å². The van der Waals surface area contributed by atoms with Gasteiger partial charge in [-0.15, -0.1) is 0 Å². The van der Waals surface area contributed by atoms with Crippen molar-refractivity contribution in [2.45, 2.75) is 33.6 Å². The molecule has 0 bridgehead atoms. The highest BCUT2D eigenvalue weighted by molar-refractivity contribution is 6.45. The van der Waals surface area contributed by atoms with E-state index >= 15 is 0 Å². The number of amides is 1. The molecule has 8 nitrogen and oxygen atoms in total. The molecule has 0 aliphatic carbocycles. The molecule has 0 aliphatic heterocycles. The third-order valence-electron chi connectivity index (χ3n) is 7.60. The first-order chi connectivity index (χ1) is 24.8. The van der Waals surface area contributed by atoms with Crippen LogP contribution in [-0.2, 0) is 27.3 Å². The maximum Gasteiger partial charge on any atom is 0.416 e. The Morgan fingerprint density at radius 1 is 0.827 bits per heavy atom. The number of nitrogens with zero attached hydrogens (tertiary/aromatic N) is 4. The highest BCUT2D eigenvalue weighted by Crippen LogP contribution is 2.38. The van der Waals surface area contributed by atoms with Crippen LogP contribution in [0.4, 0.5) is 22.0 Å². The lowest BCUT2D eigenvalue weighted by atomic mass is 9.92. The molecule has 5 rings (SSSR count). The van der Waals surface area contributed by atoms with Crippen LogP contribution in [0.1, 0.15) is 40.6 Å². The first kappa shape index (κ1) is 39.1. The molecule has 0 atom stereocenters. The lowest BCUT2D eigenvalue weighted by Crippen LogP contribution is -2.29. The summed E-state index contributed by atoms with van der Waals surface area (Å²) in [7, 11) is 2.79. The second kappa shape index (κ2) is 17.5. The Kier molecular flexibility index (Phi) is 13.2. The third-order valence-corrected chi connectivity index (χ3v) is 7.85. The van der Waals surface area contributed by atoms with Crippen molar-refractivity contribution in [3.63, 3.8) is 0 Å². The van der Waals surface area contributed by atoms with E-state index in [1.165, 1.54) is 44.5 Å². The van der Waals surface area contributed by atoms with Gasteiger partial charge in [0.25, 0.3) is 5.91 Å². The minimum Gasteiger partial charge on any atom is -0.398 e. The summed E-state index contributed by atoms with van der Waals surface area (Å²) in [6, 6.07) is 22.6. The van der Waals surface area contributed by atoms with E-state index in [4.69, 9.17) is 21.3 Å². The van der Waals surface area contributed by atoms with Crippen LogP contribution in [0.25, 0.3) is 22.3 Å². The Hall–Kier alpha value is -5.69. The normalized spacial score (nSPS) is 11.8. The monoisotopic (exact) mass is 737 g/mol. The average molecular weight is 738 g/mol. The maximum atomic E-state index is 14.3. The molecular formula is C38H33ClF5N5O3. The van der Waals surface area contributed by atoms with Gasteiger partial charge in [-0.3, -0.25) is 4.79 Å². The summed E-state index contributed by atoms with van der Waals surface area (Å²) >= 11 is 5.93. The molecule has 0 unspecified atom stereocenters. The number of aromatic nitrogens is 2. The number of halogens is 6. The fraction of sp³-hybridized carbons (Fsp3) is 0.184. The van der Waals surface area contributed by atoms with Crippen molar-refractivity contribution in [2.75, 3.05) is 14.2 Å². The minimum absolute atomic E-state index is 0.0216. The highest BCUT2D eigenvalue weighted by Gasteiger charge is 2.30. The number of rotatable bonds is 9. The molecular weight excluding hydrogens is 705 g/mol. The third kappa shape index (κ3) is 9.55. The Labute approximate surface area is 301 Å². The number of hydrogen-bond acceptors (Lipinski definition) is 7. The standard InChI is InChI=1S/C20H20F3N3O3.C18H13ClF2N2/c1-13(14-8-6-9-16(11-14)20(21,22)23)25-29-12-15-7-4-5-10-17(15)18(26-28-3)19(27)24-2;1-10-16(12-6-8-13(19)9-7-12)17(11(2)23-22-10)18-14(20)4-3-5-15(18)21/h4-11H,12H2,1-3H3,(H,24,27);3-9H,1-2H3/b25-13-,26-18-;. The molecule has 0 aliphatic rings. The van der Waals surface area contributed by atoms with Gasteiger partial charge in [0, 0.05) is 34.3 Å². The van der Waals surface area contributed by atoms with E-state index in [0.29, 0.717) is 44.2 Å². The van der Waals surface area contributed by atoms with Crippen LogP contribution in [0, 0.1) is 25.5 Å². The fourth-order valence-corrected chi connectivity index (χ4v) is 5.22. The molecule has 0 radical (unpaired) electrons. The summed E-state index contributed by atoms with van der Waals surface area (Å²) < 4.78 is 67.2. The quantitative estimate of drug-likeness (QED) is 0.0925. The number of aryl methyl sites for hydroxylation is 2. The van der Waals surface area contributed by atoms with Crippen molar-refractivity contribution in [1.29, 1.82) is 0 Å². The van der Waals surface area contributed by atoms with Crippen LogP contribution in [-0.4, -0.2) is 41.7 Å². The van der Waals surface area contributed by atoms with Gasteiger partial charge in [-0.05, 0) is 68.3 Å². The summed E-state index contributed by atoms with van der Waals surface area (Å²) in [5.74, 6) is -1.70. The zero-order valence-corrected chi connectivity index (χ0v) is 29.4. The van der Waals surface area contributed by atoms with E-state index in [1.807, 2.05) is 0 Å². The number of benzene rings is 4. The summed E-state index contributed by atoms with van der Waals surface area (Å²) in [4.78, 5) is 22.1. The predicted octanol–water partition coefficient (Wildman–Crippen LogP) is 9.10. The zero-order valence-electron chi connectivity index (χ0n) is 28.6. The van der Waals surface area contributed by atoms with E-state index in [0.717, 1.165) is 17.7 Å². The van der Waals surface area contributed by atoms with Crippen molar-refractivity contribution in [1.82, 2.24) is 15.5 Å². The minimum atomic E-state index is -4.44. The first-order valence-corrected chi connectivity index (χ1v) is 15.9. The Morgan fingerprint density at radius 2 is 1.44 bits per heavy atom. The van der Waals surface area contributed by atoms with Gasteiger partial charge in [-0.1, -0.05) is 76.5 Å². The zero-order chi connectivity index (χ0) is 38.0. The number of nitrogens with one attached hydrogen (secondary N) is 1. The van der Waals surface area contributed by atoms with Gasteiger partial charge in [0.1, 0.15) is 25.4 Å². The molecule has 0 spiro atoms. The smallest absolute Gasteiger partial charge is 0.398 e. The van der Waals surface area contributed by atoms with Gasteiger partial charge in [-0.25, -0.2) is 8.78 Å². The molecule has 0 saturated carbocycles. The second-order valence-corrected chi connectivity index (χ2v) is 11.5. The Morgan fingerprint density at radius 3 is 2.06 bits per heavy atom. The number of carbonyl (C=O) groups is 1. The van der Waals surface area contributed by atoms with E-state index in [-0.39, 0.29) is 23.6 Å². The van der Waals surface area contributed by atoms with Crippen LogP contribution in [0.2, 0.25) is 5.02 Å². The molecule has 52 heavy (non-hydrogen) atoms. The lowest BCUT2D eigenvalue weighted by molar-refractivity contribution is -0.137. The number of oxime groups is 2. The molecule has 0 saturated heterocycles. The molecule has 1 N–H and O–H groups in total. The van der Waals surface area contributed by atoms with Crippen molar-refractivity contribution >= 4 is 28.9 Å². The van der Waals surface area contributed by atoms with Crippen LogP contribution in [0.15, 0.2) is 101 Å². The summed E-state index contributed by atoms with van der Waals surface area (Å²) in [5, 5.41) is 18.9. The summed E-state index contributed by atoms with van der Waals surface area (Å²) in [6.45, 7) is 4.97. The van der Waals surface area contributed by atoms with E-state index in [9.17, 15) is 26.7 Å². The van der Waals surface area contributed by atoms with Gasteiger partial charge < -0.3 is 15.0 Å². The number of carbonyl (C=O) groups excluding carboxylic acids is 1. The lowest BCUT2D eigenvalue weighted by Gasteiger charge is -2.15. The molecule has 5 aromatic rings. The highest BCUT2D eigenvalue weighted by atomic mass is 35.5. The van der Waals surface area contributed by atoms with Crippen LogP contribution in [0.3, 0.4) is 0 Å². The SMILES string of the molecule is CNC(=O)/C(=N\OC)c1ccccc1CO/N=C(/C)c1cccc(C(F)(F)F)c1.Cc1nnc(C)c(-c2c(F)cccc2F)c1-c1ccc(Cl)cc1. The predicted molar refractivity (Wildman–Crippen MR) is 190 cm³/mol. The van der Waals surface area contributed by atoms with Crippen molar-refractivity contribution in [3.8, 4) is 22.3 Å². The largest absolute Gasteiger partial charge is 0.416 e. The first-order valence-electron chi connectivity index (χ1n) is 15.6. The van der Waals surface area contributed by atoms with E-state index in [1.54, 1.807) is 69.3 Å². The second-order valence-electron chi connectivity index (χ2n) is 11.1. The van der Waals surface area contributed by atoms with Gasteiger partial charge in [0.15, 0.2) is 5.71 Å². The van der Waals surface area contributed by atoms with Crippen LogP contribution >= 0.6 is 11.6 Å². The number of hydrogen-bond donors (Lipinski definition) is 1. The van der Waals surface area contributed by atoms with Gasteiger partial charge in [-0.2, -0.15) is 23.4 Å². The molecule has 1 amide bonds. The fourth-order valence-electron chi connectivity index (χ4n) is 5.10. The van der Waals surface area contributed by atoms with E-state index in [2.05, 4.69) is 25.8 Å². The Bertz CT molecular complexity index is 2080. The molecule has 1 heterocycles. The maximum absolute atomic E-state index is 14.3. The Balaban J connectivity index is 0.000000238. The van der Waals surface area contributed by atoms with Crippen LogP contribution < -0.4 is 5.32 Å². The van der Waals surface area contributed by atoms with Crippen molar-refractivity contribution in [2.24, 2.45) is 10.3 Å². The molecule has 1 aromatic heterocycles. The number of alkyl halides is 3. The molecule has 14 heteroatoms. The molecule has 0 fully saturated rings. The topological polar surface area (TPSA) is 98.1 Å². The number of likely N-dealkylation sites (N-methyl/N-ethyl adjacent to an activating group) is 1. The van der Waals surface area contributed by atoms with Gasteiger partial charge >= 0.3 is 6.18 Å². The van der Waals surface area contributed by atoms with E-state index < -0.39 is 29.3 Å². The van der Waals surface area contributed by atoms with Crippen LogP contribution in [0.5, 0.6) is 0 Å². The summed E-state index contributed by atoms with van der Waals surface area (Å²) in [6.07, 6.45) is -4.44. The van der Waals surface area contributed by atoms with Crippen molar-refractivity contribution < 1.29 is 36.4 Å². The van der Waals surface area contributed by atoms with Gasteiger partial charge in [0.05, 0.1) is 28.2 Å². The molecule has 4 aromatic carbocycles. The average Bonchev–Trinajstić information content (AvgIpc) is 3.12. The van der Waals surface area contributed by atoms with Gasteiger partial charge in [0.2, 0.25) is 0 Å².